The number of amides is 1. The summed E-state index contributed by atoms with van der Waals surface area (Å²) < 4.78 is 5.71. The maximum absolute atomic E-state index is 12.0. The summed E-state index contributed by atoms with van der Waals surface area (Å²) in [5.41, 5.74) is 7.39. The molecule has 0 spiro atoms. The molecule has 0 bridgehead atoms. The molecule has 0 heterocycles. The van der Waals surface area contributed by atoms with Crippen LogP contribution in [0, 0.1) is 13.8 Å². The van der Waals surface area contributed by atoms with Gasteiger partial charge in [0.25, 0.3) is 5.91 Å². The third-order valence-corrected chi connectivity index (χ3v) is 3.68. The molecule has 0 aliphatic rings. The van der Waals surface area contributed by atoms with Crippen LogP contribution in [0.2, 0.25) is 0 Å². The van der Waals surface area contributed by atoms with E-state index in [4.69, 9.17) is 17.0 Å². The number of carbonyl (C=O) groups excluding carboxylic acids is 1. The molecular weight excluding hydrogens is 312 g/mol. The second kappa shape index (κ2) is 9.32. The highest BCUT2D eigenvalue weighted by Crippen LogP contribution is 2.21. The van der Waals surface area contributed by atoms with Crippen LogP contribution in [-0.2, 0) is 4.79 Å². The van der Waals surface area contributed by atoms with E-state index in [0.717, 1.165) is 24.2 Å². The summed E-state index contributed by atoms with van der Waals surface area (Å²) in [6, 6.07) is 5.77. The van der Waals surface area contributed by atoms with Crippen LogP contribution in [0.1, 0.15) is 18.1 Å². The molecule has 6 nitrogen and oxygen atoms in total. The molecular formula is C16H27N4O2S+. The number of nitrogens with one attached hydrogen (secondary N) is 4. The first-order valence-corrected chi connectivity index (χ1v) is 8.07. The highest BCUT2D eigenvalue weighted by Gasteiger charge is 2.16. The van der Waals surface area contributed by atoms with Gasteiger partial charge in [0.1, 0.15) is 5.75 Å². The van der Waals surface area contributed by atoms with Gasteiger partial charge in [-0.2, -0.15) is 0 Å². The van der Waals surface area contributed by atoms with E-state index in [1.54, 1.807) is 6.92 Å². The van der Waals surface area contributed by atoms with Gasteiger partial charge >= 0.3 is 0 Å². The molecule has 0 aliphatic carbocycles. The van der Waals surface area contributed by atoms with Crippen molar-refractivity contribution in [1.29, 1.82) is 0 Å². The van der Waals surface area contributed by atoms with Crippen molar-refractivity contribution in [1.82, 2.24) is 16.2 Å². The normalized spacial score (nSPS) is 11.7. The largest absolute Gasteiger partial charge is 0.481 e. The van der Waals surface area contributed by atoms with Crippen molar-refractivity contribution in [3.63, 3.8) is 0 Å². The number of carbonyl (C=O) groups is 1. The minimum atomic E-state index is -0.628. The molecule has 0 aromatic heterocycles. The number of hydrogen-bond donors (Lipinski definition) is 4. The summed E-state index contributed by atoms with van der Waals surface area (Å²) in [5, 5.41) is 3.41. The zero-order valence-corrected chi connectivity index (χ0v) is 15.3. The van der Waals surface area contributed by atoms with Gasteiger partial charge in [-0.15, -0.1) is 0 Å². The SMILES string of the molecule is Cc1cccc(O[C@@H](C)C(=O)NNC(=S)NCC[NH+](C)C)c1C. The van der Waals surface area contributed by atoms with Crippen LogP contribution in [0.25, 0.3) is 0 Å². The van der Waals surface area contributed by atoms with Gasteiger partial charge in [0.2, 0.25) is 0 Å². The molecule has 1 amide bonds. The Kier molecular flexibility index (Phi) is 7.77. The predicted molar refractivity (Wildman–Crippen MR) is 95.6 cm³/mol. The first-order valence-electron chi connectivity index (χ1n) is 7.67. The van der Waals surface area contributed by atoms with Gasteiger partial charge in [-0.05, 0) is 50.2 Å². The van der Waals surface area contributed by atoms with E-state index in [-0.39, 0.29) is 5.91 Å². The highest BCUT2D eigenvalue weighted by atomic mass is 32.1. The zero-order valence-electron chi connectivity index (χ0n) is 14.4. The topological polar surface area (TPSA) is 66.8 Å². The van der Waals surface area contributed by atoms with Gasteiger partial charge in [-0.3, -0.25) is 15.6 Å². The van der Waals surface area contributed by atoms with Gasteiger partial charge in [-0.1, -0.05) is 12.1 Å². The van der Waals surface area contributed by atoms with Crippen LogP contribution in [0.4, 0.5) is 0 Å². The van der Waals surface area contributed by atoms with Crippen molar-refractivity contribution in [3.8, 4) is 5.75 Å². The first-order chi connectivity index (χ1) is 10.8. The lowest BCUT2D eigenvalue weighted by Crippen LogP contribution is -3.06. The van der Waals surface area contributed by atoms with Gasteiger partial charge < -0.3 is 15.0 Å². The summed E-state index contributed by atoms with van der Waals surface area (Å²) in [5.74, 6) is 0.426. The molecule has 7 heteroatoms. The fraction of sp³-hybridized carbons (Fsp3) is 0.500. The smallest absolute Gasteiger partial charge is 0.279 e. The van der Waals surface area contributed by atoms with E-state index in [0.29, 0.717) is 10.9 Å². The zero-order chi connectivity index (χ0) is 17.4. The Morgan fingerprint density at radius 2 is 2.00 bits per heavy atom. The minimum absolute atomic E-state index is 0.284. The molecule has 4 N–H and O–H groups in total. The Labute approximate surface area is 143 Å². The number of rotatable bonds is 6. The van der Waals surface area contributed by atoms with Crippen LogP contribution in [-0.4, -0.2) is 44.3 Å². The van der Waals surface area contributed by atoms with E-state index in [1.807, 2.05) is 32.0 Å². The fourth-order valence-electron chi connectivity index (χ4n) is 1.79. The van der Waals surface area contributed by atoms with Crippen molar-refractivity contribution < 1.29 is 14.4 Å². The quantitative estimate of drug-likeness (QED) is 0.424. The highest BCUT2D eigenvalue weighted by molar-refractivity contribution is 7.80. The fourth-order valence-corrected chi connectivity index (χ4v) is 1.94. The van der Waals surface area contributed by atoms with Crippen LogP contribution in [0.5, 0.6) is 5.75 Å². The molecule has 1 aromatic rings. The summed E-state index contributed by atoms with van der Waals surface area (Å²) in [4.78, 5) is 13.4. The molecule has 1 rings (SSSR count). The molecule has 23 heavy (non-hydrogen) atoms. The van der Waals surface area contributed by atoms with Crippen molar-refractivity contribution in [2.24, 2.45) is 0 Å². The average Bonchev–Trinajstić information content (AvgIpc) is 2.49. The number of aryl methyl sites for hydroxylation is 1. The van der Waals surface area contributed by atoms with Gasteiger partial charge in [0, 0.05) is 0 Å². The predicted octanol–water partition coefficient (Wildman–Crippen LogP) is -0.289. The second-order valence-corrected chi connectivity index (χ2v) is 6.19. The van der Waals surface area contributed by atoms with E-state index in [2.05, 4.69) is 30.3 Å². The molecule has 1 atom stereocenters. The van der Waals surface area contributed by atoms with E-state index < -0.39 is 6.10 Å². The molecule has 0 saturated carbocycles. The number of quaternary nitrogens is 1. The van der Waals surface area contributed by atoms with Gasteiger partial charge in [0.05, 0.1) is 27.2 Å². The van der Waals surface area contributed by atoms with E-state index in [9.17, 15) is 4.79 Å². The lowest BCUT2D eigenvalue weighted by Gasteiger charge is -2.18. The number of benzene rings is 1. The summed E-state index contributed by atoms with van der Waals surface area (Å²) in [6.07, 6.45) is -0.628. The lowest BCUT2D eigenvalue weighted by atomic mass is 10.1. The van der Waals surface area contributed by atoms with Crippen LogP contribution < -0.4 is 25.8 Å². The Bertz CT molecular complexity index is 549. The van der Waals surface area contributed by atoms with E-state index >= 15 is 0 Å². The monoisotopic (exact) mass is 339 g/mol. The molecule has 0 saturated heterocycles. The molecule has 1 aromatic carbocycles. The lowest BCUT2D eigenvalue weighted by molar-refractivity contribution is -0.856. The van der Waals surface area contributed by atoms with Crippen molar-refractivity contribution in [2.45, 2.75) is 26.9 Å². The summed E-state index contributed by atoms with van der Waals surface area (Å²) in [6.45, 7) is 7.35. The maximum Gasteiger partial charge on any atom is 0.279 e. The van der Waals surface area contributed by atoms with Crippen molar-refractivity contribution in [3.05, 3.63) is 29.3 Å². The Morgan fingerprint density at radius 3 is 2.65 bits per heavy atom. The minimum Gasteiger partial charge on any atom is -0.481 e. The second-order valence-electron chi connectivity index (χ2n) is 5.79. The molecule has 0 unspecified atom stereocenters. The maximum atomic E-state index is 12.0. The van der Waals surface area contributed by atoms with Gasteiger partial charge in [-0.25, -0.2) is 0 Å². The van der Waals surface area contributed by atoms with Crippen molar-refractivity contribution >= 4 is 23.2 Å². The summed E-state index contributed by atoms with van der Waals surface area (Å²) >= 11 is 5.09. The Morgan fingerprint density at radius 1 is 1.30 bits per heavy atom. The standard InChI is InChI=1S/C16H26N4O2S/c1-11-7-6-8-14(12(11)2)22-13(3)15(21)18-19-16(23)17-9-10-20(4)5/h6-8,13H,9-10H2,1-5H3,(H,18,21)(H2,17,19,23)/p+1/t13-/m0/s1. The third kappa shape index (κ3) is 6.83. The molecule has 0 radical (unpaired) electrons. The van der Waals surface area contributed by atoms with Crippen LogP contribution in [0.3, 0.4) is 0 Å². The number of ether oxygens (including phenoxy) is 1. The molecule has 128 valence electrons. The van der Waals surface area contributed by atoms with Gasteiger partial charge in [0.15, 0.2) is 11.2 Å². The third-order valence-electron chi connectivity index (χ3n) is 3.44. The van der Waals surface area contributed by atoms with Crippen molar-refractivity contribution in [2.75, 3.05) is 27.2 Å². The van der Waals surface area contributed by atoms with Crippen LogP contribution >= 0.6 is 12.2 Å². The number of hydrazine groups is 1. The van der Waals surface area contributed by atoms with Crippen LogP contribution in [0.15, 0.2) is 18.2 Å². The summed E-state index contributed by atoms with van der Waals surface area (Å²) in [7, 11) is 4.12. The number of thiocarbonyl (C=S) groups is 1. The number of likely N-dealkylation sites (N-methyl/N-ethyl adjacent to an activating group) is 1. The average molecular weight is 339 g/mol. The Balaban J connectivity index is 2.39. The molecule has 0 fully saturated rings. The Hall–Kier alpha value is -1.86. The number of hydrogen-bond acceptors (Lipinski definition) is 3. The molecule has 0 aliphatic heterocycles. The van der Waals surface area contributed by atoms with E-state index in [1.165, 1.54) is 4.90 Å². The first kappa shape index (κ1) is 19.2.